The molecular weight excluding hydrogens is 367 g/mol. The topological polar surface area (TPSA) is 62.5 Å². The molecule has 1 heterocycles. The van der Waals surface area contributed by atoms with Gasteiger partial charge in [0.2, 0.25) is 5.43 Å². The fourth-order valence-corrected chi connectivity index (χ4v) is 4.21. The van der Waals surface area contributed by atoms with Crippen molar-refractivity contribution in [2.24, 2.45) is 0 Å². The number of benzene rings is 1. The minimum atomic E-state index is -1.32. The van der Waals surface area contributed by atoms with Gasteiger partial charge in [-0.15, -0.1) is 11.8 Å². The summed E-state index contributed by atoms with van der Waals surface area (Å²) in [6.45, 7) is 0.756. The first-order valence-electron chi connectivity index (χ1n) is 7.89. The van der Waals surface area contributed by atoms with E-state index < -0.39 is 17.2 Å². The van der Waals surface area contributed by atoms with Crippen molar-refractivity contribution in [3.05, 3.63) is 38.9 Å². The van der Waals surface area contributed by atoms with Gasteiger partial charge in [-0.05, 0) is 33.0 Å². The van der Waals surface area contributed by atoms with E-state index in [-0.39, 0.29) is 22.0 Å². The molecule has 8 heteroatoms. The zero-order valence-corrected chi connectivity index (χ0v) is 15.5. The fourth-order valence-electron chi connectivity index (χ4n) is 2.68. The summed E-state index contributed by atoms with van der Waals surface area (Å²) in [6, 6.07) is 1.22. The molecule has 1 fully saturated rings. The van der Waals surface area contributed by atoms with Crippen LogP contribution in [0.1, 0.15) is 29.2 Å². The van der Waals surface area contributed by atoms with Gasteiger partial charge >= 0.3 is 5.97 Å². The summed E-state index contributed by atoms with van der Waals surface area (Å²) >= 11 is 7.76. The van der Waals surface area contributed by atoms with Crippen LogP contribution in [0.15, 0.2) is 22.0 Å². The number of fused-ring (bicyclic) bond motifs is 1. The Morgan fingerprint density at radius 1 is 1.48 bits per heavy atom. The summed E-state index contributed by atoms with van der Waals surface area (Å²) < 4.78 is 16.3. The van der Waals surface area contributed by atoms with E-state index in [9.17, 15) is 19.1 Å². The second-order valence-corrected chi connectivity index (χ2v) is 7.85. The third-order valence-electron chi connectivity index (χ3n) is 4.12. The minimum absolute atomic E-state index is 0.0197. The molecule has 134 valence electrons. The summed E-state index contributed by atoms with van der Waals surface area (Å²) in [5.41, 5.74) is -0.638. The van der Waals surface area contributed by atoms with Crippen LogP contribution in [0.2, 0.25) is 5.02 Å². The second kappa shape index (κ2) is 6.97. The number of nitrogens with zero attached hydrogens (tertiary/aromatic N) is 2. The molecule has 1 saturated carbocycles. The van der Waals surface area contributed by atoms with Crippen molar-refractivity contribution < 1.29 is 14.3 Å². The van der Waals surface area contributed by atoms with Gasteiger partial charge in [0.15, 0.2) is 0 Å². The molecule has 0 amide bonds. The van der Waals surface area contributed by atoms with E-state index in [1.807, 2.05) is 19.0 Å². The molecule has 1 aromatic heterocycles. The van der Waals surface area contributed by atoms with E-state index in [1.165, 1.54) is 18.0 Å². The van der Waals surface area contributed by atoms with E-state index in [2.05, 4.69) is 0 Å². The van der Waals surface area contributed by atoms with Gasteiger partial charge in [-0.25, -0.2) is 9.18 Å². The highest BCUT2D eigenvalue weighted by molar-refractivity contribution is 7.99. The molecule has 25 heavy (non-hydrogen) atoms. The number of pyridine rings is 1. The maximum atomic E-state index is 14.6. The number of hydrogen-bond donors (Lipinski definition) is 1. The van der Waals surface area contributed by atoms with Crippen LogP contribution in [0.3, 0.4) is 0 Å². The molecule has 1 aliphatic rings. The first kappa shape index (κ1) is 18.2. The first-order chi connectivity index (χ1) is 11.8. The molecule has 5 nitrogen and oxygen atoms in total. The van der Waals surface area contributed by atoms with Crippen LogP contribution in [0, 0.1) is 5.82 Å². The predicted octanol–water partition coefficient (Wildman–Crippen LogP) is 3.48. The number of aromatic carboxylic acids is 1. The van der Waals surface area contributed by atoms with E-state index in [4.69, 9.17) is 11.6 Å². The molecule has 0 aliphatic heterocycles. The Balaban J connectivity index is 2.20. The van der Waals surface area contributed by atoms with E-state index >= 15 is 0 Å². The number of halogens is 2. The van der Waals surface area contributed by atoms with Gasteiger partial charge in [-0.1, -0.05) is 11.6 Å². The van der Waals surface area contributed by atoms with Gasteiger partial charge in [-0.3, -0.25) is 4.79 Å². The molecule has 0 unspecified atom stereocenters. The highest BCUT2D eigenvalue weighted by atomic mass is 35.5. The number of rotatable bonds is 6. The summed E-state index contributed by atoms with van der Waals surface area (Å²) in [6.07, 6.45) is 3.10. The third-order valence-corrected chi connectivity index (χ3v) is 5.68. The molecule has 0 saturated heterocycles. The Morgan fingerprint density at radius 2 is 2.16 bits per heavy atom. The van der Waals surface area contributed by atoms with Crippen molar-refractivity contribution in [1.82, 2.24) is 9.47 Å². The van der Waals surface area contributed by atoms with E-state index in [0.29, 0.717) is 16.2 Å². The molecule has 1 aromatic carbocycles. The van der Waals surface area contributed by atoms with Crippen LogP contribution in [0.4, 0.5) is 4.39 Å². The Hall–Kier alpha value is -1.57. The van der Waals surface area contributed by atoms with Gasteiger partial charge in [0.1, 0.15) is 11.4 Å². The summed E-state index contributed by atoms with van der Waals surface area (Å²) in [7, 11) is 3.86. The molecule has 3 rings (SSSR count). The molecular formula is C17H18ClFN2O3S. The van der Waals surface area contributed by atoms with Crippen LogP contribution in [0.5, 0.6) is 0 Å². The van der Waals surface area contributed by atoms with Crippen LogP contribution < -0.4 is 5.43 Å². The Morgan fingerprint density at radius 3 is 2.72 bits per heavy atom. The van der Waals surface area contributed by atoms with Crippen LogP contribution >= 0.6 is 23.4 Å². The van der Waals surface area contributed by atoms with Crippen molar-refractivity contribution in [3.8, 4) is 0 Å². The summed E-state index contributed by atoms with van der Waals surface area (Å²) in [4.78, 5) is 26.1. The van der Waals surface area contributed by atoms with Gasteiger partial charge in [0.05, 0.1) is 20.8 Å². The van der Waals surface area contributed by atoms with Crippen molar-refractivity contribution in [3.63, 3.8) is 0 Å². The molecule has 0 bridgehead atoms. The molecule has 0 spiro atoms. The average Bonchev–Trinajstić information content (AvgIpc) is 3.35. The lowest BCUT2D eigenvalue weighted by atomic mass is 10.1. The van der Waals surface area contributed by atoms with Crippen LogP contribution in [-0.2, 0) is 0 Å². The maximum Gasteiger partial charge on any atom is 0.341 e. The maximum absolute atomic E-state index is 14.6. The number of carboxylic acid groups (broad SMARTS) is 1. The second-order valence-electron chi connectivity index (χ2n) is 6.36. The van der Waals surface area contributed by atoms with Crippen molar-refractivity contribution in [1.29, 1.82) is 0 Å². The average molecular weight is 385 g/mol. The number of aromatic nitrogens is 1. The fraction of sp³-hybridized carbons (Fsp3) is 0.412. The van der Waals surface area contributed by atoms with E-state index in [1.54, 1.807) is 4.57 Å². The monoisotopic (exact) mass is 384 g/mol. The Kier molecular flexibility index (Phi) is 5.09. The molecule has 0 atom stereocenters. The van der Waals surface area contributed by atoms with Crippen molar-refractivity contribution in [2.75, 3.05) is 26.4 Å². The van der Waals surface area contributed by atoms with Gasteiger partial charge < -0.3 is 14.6 Å². The van der Waals surface area contributed by atoms with Crippen molar-refractivity contribution in [2.45, 2.75) is 23.8 Å². The lowest BCUT2D eigenvalue weighted by Crippen LogP contribution is -2.19. The summed E-state index contributed by atoms with van der Waals surface area (Å²) in [5, 5.41) is 9.46. The third kappa shape index (κ3) is 3.54. The predicted molar refractivity (Wildman–Crippen MR) is 97.7 cm³/mol. The minimum Gasteiger partial charge on any atom is -0.477 e. The van der Waals surface area contributed by atoms with Crippen molar-refractivity contribution >= 4 is 40.2 Å². The van der Waals surface area contributed by atoms with E-state index in [0.717, 1.165) is 25.5 Å². The smallest absolute Gasteiger partial charge is 0.341 e. The van der Waals surface area contributed by atoms with Gasteiger partial charge in [0.25, 0.3) is 0 Å². The zero-order chi connectivity index (χ0) is 18.3. The Bertz CT molecular complexity index is 909. The Labute approximate surface area is 153 Å². The van der Waals surface area contributed by atoms with Gasteiger partial charge in [0, 0.05) is 24.5 Å². The first-order valence-corrected chi connectivity index (χ1v) is 9.25. The number of carbonyl (C=O) groups is 1. The molecule has 0 radical (unpaired) electrons. The SMILES string of the molecule is CN(C)CCSc1c(F)cc2c(=O)c(C(=O)O)cn(C3CC3)c2c1Cl. The number of thioether (sulfide) groups is 1. The normalized spacial score (nSPS) is 14.4. The summed E-state index contributed by atoms with van der Waals surface area (Å²) in [5.74, 6) is -1.26. The highest BCUT2D eigenvalue weighted by Gasteiger charge is 2.29. The standard InChI is InChI=1S/C17H18ClFN2O3S/c1-20(2)5-6-25-16-12(19)7-10-14(13(16)18)21(9-3-4-9)8-11(15(10)22)17(23)24/h7-9H,3-6H2,1-2H3,(H,23,24). The highest BCUT2D eigenvalue weighted by Crippen LogP contribution is 2.41. The van der Waals surface area contributed by atoms with Crippen LogP contribution in [-0.4, -0.2) is 46.9 Å². The molecule has 1 aliphatic carbocycles. The lowest BCUT2D eigenvalue weighted by Gasteiger charge is -2.16. The molecule has 1 N–H and O–H groups in total. The zero-order valence-electron chi connectivity index (χ0n) is 13.9. The number of hydrogen-bond acceptors (Lipinski definition) is 4. The lowest BCUT2D eigenvalue weighted by molar-refractivity contribution is 0.0695. The molecule has 2 aromatic rings. The number of carboxylic acids is 1. The largest absolute Gasteiger partial charge is 0.477 e. The van der Waals surface area contributed by atoms with Gasteiger partial charge in [-0.2, -0.15) is 0 Å². The quantitative estimate of drug-likeness (QED) is 0.772. The van der Waals surface area contributed by atoms with Crippen LogP contribution in [0.25, 0.3) is 10.9 Å².